The average Bonchev–Trinajstić information content (AvgIpc) is 3.88. The number of benzene rings is 4. The minimum Gasteiger partial charge on any atom is -0.486 e. The zero-order valence-corrected chi connectivity index (χ0v) is 32.3. The van der Waals surface area contributed by atoms with Crippen LogP contribution in [0, 0.1) is 34.9 Å². The van der Waals surface area contributed by atoms with Crippen molar-refractivity contribution in [2.75, 3.05) is 18.5 Å². The summed E-state index contributed by atoms with van der Waals surface area (Å²) in [6.07, 6.45) is 1.05. The monoisotopic (exact) mass is 838 g/mol. The van der Waals surface area contributed by atoms with Gasteiger partial charge in [0.25, 0.3) is 0 Å². The normalized spacial score (nSPS) is 16.5. The van der Waals surface area contributed by atoms with E-state index >= 15 is 8.78 Å². The highest BCUT2D eigenvalue weighted by atomic mass is 35.5. The Morgan fingerprint density at radius 1 is 0.930 bits per heavy atom. The molecular weight excluding hydrogens is 802 g/mol. The number of aromatic carboxylic acids is 1. The van der Waals surface area contributed by atoms with E-state index < -0.39 is 92.2 Å². The smallest absolute Gasteiger partial charge is 0.335 e. The number of rotatable bonds is 13. The molecule has 1 saturated heterocycles. The van der Waals surface area contributed by atoms with Crippen molar-refractivity contribution in [3.63, 3.8) is 0 Å². The first-order chi connectivity index (χ1) is 26.8. The molecule has 4 aromatic carbocycles. The molecule has 1 amide bonds. The largest absolute Gasteiger partial charge is 0.486 e. The van der Waals surface area contributed by atoms with E-state index in [1.54, 1.807) is 12.1 Å². The first-order valence-corrected chi connectivity index (χ1v) is 19.6. The lowest BCUT2D eigenvalue weighted by atomic mass is 9.83. The van der Waals surface area contributed by atoms with Crippen LogP contribution in [0.15, 0.2) is 59.5 Å². The number of carboxylic acids is 1. The number of nitrogens with zero attached hydrogens (tertiary/aromatic N) is 1. The van der Waals surface area contributed by atoms with Crippen LogP contribution in [0.2, 0.25) is 5.02 Å². The number of carbonyl (C=O) groups is 2. The summed E-state index contributed by atoms with van der Waals surface area (Å²) < 4.78 is 129. The number of amides is 1. The molecule has 17 heteroatoms. The Balaban J connectivity index is 1.56. The Hall–Kier alpha value is -4.64. The zero-order valence-electron chi connectivity index (χ0n) is 30.8. The third-order valence-electron chi connectivity index (χ3n) is 9.75. The molecule has 0 spiro atoms. The van der Waals surface area contributed by atoms with Crippen molar-refractivity contribution in [2.24, 2.45) is 0 Å². The molecule has 0 radical (unpaired) electrons. The summed E-state index contributed by atoms with van der Waals surface area (Å²) in [6.45, 7) is 5.24. The highest BCUT2D eigenvalue weighted by molar-refractivity contribution is 7.89. The molecule has 2 aliphatic rings. The van der Waals surface area contributed by atoms with Crippen molar-refractivity contribution in [3.8, 4) is 5.75 Å². The highest BCUT2D eigenvalue weighted by Crippen LogP contribution is 2.42. The lowest BCUT2D eigenvalue weighted by molar-refractivity contribution is -0.120. The van der Waals surface area contributed by atoms with E-state index in [0.717, 1.165) is 54.3 Å². The number of sulfonamides is 1. The molecule has 9 nitrogen and oxygen atoms in total. The van der Waals surface area contributed by atoms with E-state index in [0.29, 0.717) is 18.6 Å². The van der Waals surface area contributed by atoms with Crippen LogP contribution in [-0.4, -0.2) is 55.1 Å². The van der Waals surface area contributed by atoms with Crippen LogP contribution in [0.4, 0.5) is 32.0 Å². The summed E-state index contributed by atoms with van der Waals surface area (Å²) in [5.41, 5.74) is 1.04. The van der Waals surface area contributed by atoms with Gasteiger partial charge in [0.05, 0.1) is 24.5 Å². The molecule has 2 N–H and O–H groups in total. The Morgan fingerprint density at radius 3 is 2.18 bits per heavy atom. The van der Waals surface area contributed by atoms with Crippen molar-refractivity contribution < 1.29 is 58.9 Å². The molecule has 6 rings (SSSR count). The van der Waals surface area contributed by atoms with Crippen molar-refractivity contribution in [1.29, 1.82) is 0 Å². The number of nitrogens with one attached hydrogen (secondary N) is 1. The quantitative estimate of drug-likeness (QED) is 0.0786. The van der Waals surface area contributed by atoms with Crippen LogP contribution < -0.4 is 10.1 Å². The predicted octanol–water partition coefficient (Wildman–Crippen LogP) is 8.66. The molecule has 0 unspecified atom stereocenters. The minimum atomic E-state index is -5.91. The third-order valence-corrected chi connectivity index (χ3v) is 12.0. The van der Waals surface area contributed by atoms with E-state index in [1.807, 2.05) is 26.8 Å². The maximum absolute atomic E-state index is 15.5. The van der Waals surface area contributed by atoms with Crippen LogP contribution >= 0.6 is 11.6 Å². The van der Waals surface area contributed by atoms with Gasteiger partial charge in [-0.25, -0.2) is 39.6 Å². The Labute approximate surface area is 329 Å². The molecule has 1 saturated carbocycles. The van der Waals surface area contributed by atoms with Gasteiger partial charge in [0.2, 0.25) is 21.7 Å². The van der Waals surface area contributed by atoms with Crippen LogP contribution in [0.3, 0.4) is 0 Å². The summed E-state index contributed by atoms with van der Waals surface area (Å²) in [5.74, 6) is -16.4. The lowest BCUT2D eigenvalue weighted by Crippen LogP contribution is -2.48. The van der Waals surface area contributed by atoms with Crippen molar-refractivity contribution >= 4 is 39.2 Å². The SMILES string of the molecule is CC(C)(C)c1cc(C[C@H](C(=O)Nc2ccc(C(=O)O)cc2O[C@@H]2CCOC2)N(Cc2ccc(F)cc2Cl)S(=O)(=O)c2c(F)c(F)c(F)c(F)c2F)cc(C2CC2)c1. The van der Waals surface area contributed by atoms with E-state index in [9.17, 15) is 40.7 Å². The fourth-order valence-electron chi connectivity index (χ4n) is 6.44. The molecule has 2 atom stereocenters. The van der Waals surface area contributed by atoms with Gasteiger partial charge in [0.15, 0.2) is 28.2 Å². The summed E-state index contributed by atoms with van der Waals surface area (Å²) in [6, 6.07) is 9.61. The third kappa shape index (κ3) is 9.09. The second kappa shape index (κ2) is 16.3. The maximum Gasteiger partial charge on any atom is 0.335 e. The van der Waals surface area contributed by atoms with Gasteiger partial charge in [0, 0.05) is 18.0 Å². The molecule has 1 aliphatic heterocycles. The Kier molecular flexibility index (Phi) is 12.0. The number of carbonyl (C=O) groups excluding carboxylic acids is 1. The van der Waals surface area contributed by atoms with E-state index in [4.69, 9.17) is 21.1 Å². The molecular formula is C40H37ClF6N2O7S. The van der Waals surface area contributed by atoms with Crippen molar-refractivity contribution in [1.82, 2.24) is 4.31 Å². The fraction of sp³-hybridized carbons (Fsp3) is 0.350. The molecule has 1 heterocycles. The fourth-order valence-corrected chi connectivity index (χ4v) is 8.34. The number of ether oxygens (including phenoxy) is 2. The summed E-state index contributed by atoms with van der Waals surface area (Å²) in [4.78, 5) is 24.4. The van der Waals surface area contributed by atoms with Crippen molar-refractivity contribution in [2.45, 2.75) is 81.4 Å². The molecule has 0 aromatic heterocycles. The molecule has 4 aromatic rings. The van der Waals surface area contributed by atoms with Gasteiger partial charge in [-0.05, 0) is 83.2 Å². The topological polar surface area (TPSA) is 122 Å². The van der Waals surface area contributed by atoms with Gasteiger partial charge in [-0.2, -0.15) is 4.31 Å². The second-order valence-electron chi connectivity index (χ2n) is 15.0. The van der Waals surface area contributed by atoms with Gasteiger partial charge in [-0.1, -0.05) is 56.6 Å². The maximum atomic E-state index is 15.5. The summed E-state index contributed by atoms with van der Waals surface area (Å²) in [5, 5.41) is 11.8. The van der Waals surface area contributed by atoms with Crippen LogP contribution in [0.25, 0.3) is 0 Å². The van der Waals surface area contributed by atoms with E-state index in [-0.39, 0.29) is 44.4 Å². The summed E-state index contributed by atoms with van der Waals surface area (Å²) in [7, 11) is -5.91. The molecule has 1 aliphatic carbocycles. The first kappa shape index (κ1) is 42.0. The number of carboxylic acid groups (broad SMARTS) is 1. The van der Waals surface area contributed by atoms with Gasteiger partial charge in [0.1, 0.15) is 23.7 Å². The number of hydrogen-bond acceptors (Lipinski definition) is 6. The van der Waals surface area contributed by atoms with Gasteiger partial charge >= 0.3 is 5.97 Å². The van der Waals surface area contributed by atoms with Gasteiger partial charge < -0.3 is 19.9 Å². The van der Waals surface area contributed by atoms with Crippen molar-refractivity contribution in [3.05, 3.63) is 122 Å². The number of halogens is 7. The molecule has 0 bridgehead atoms. The Bertz CT molecular complexity index is 2320. The van der Waals surface area contributed by atoms with Gasteiger partial charge in [-0.15, -0.1) is 0 Å². The Morgan fingerprint density at radius 2 is 1.60 bits per heavy atom. The number of anilines is 1. The predicted molar refractivity (Wildman–Crippen MR) is 197 cm³/mol. The second-order valence-corrected chi connectivity index (χ2v) is 17.2. The van der Waals surface area contributed by atoms with Crippen LogP contribution in [0.1, 0.15) is 78.6 Å². The molecule has 304 valence electrons. The van der Waals surface area contributed by atoms with E-state index in [1.165, 1.54) is 6.07 Å². The van der Waals surface area contributed by atoms with Gasteiger partial charge in [-0.3, -0.25) is 4.79 Å². The van der Waals surface area contributed by atoms with Crippen LogP contribution in [0.5, 0.6) is 5.75 Å². The molecule has 57 heavy (non-hydrogen) atoms. The summed E-state index contributed by atoms with van der Waals surface area (Å²) >= 11 is 6.30. The minimum absolute atomic E-state index is 0.132. The van der Waals surface area contributed by atoms with E-state index in [2.05, 4.69) is 5.32 Å². The standard InChI is InChI=1S/C40H37ClF6N2O7S/c1-40(2,3)25-13-20(12-24(15-25)21-4-5-21)14-30(38(50)48-29-9-7-22(39(51)52)16-31(29)56-27-10-11-55-19-27)49(18-23-6-8-26(42)17-28(23)41)57(53,54)37-35(46)33(44)32(43)34(45)36(37)47/h6-9,12-13,15-17,21,27,30H,4-5,10-11,14,18-19H2,1-3H3,(H,48,50)(H,51,52)/t27-,30-/m1/s1. The zero-order chi connectivity index (χ0) is 41.6. The highest BCUT2D eigenvalue weighted by Gasteiger charge is 2.43. The number of hydrogen-bond donors (Lipinski definition) is 2. The molecule has 2 fully saturated rings. The first-order valence-electron chi connectivity index (χ1n) is 17.8. The lowest BCUT2D eigenvalue weighted by Gasteiger charge is -2.32. The average molecular weight is 839 g/mol. The van der Waals surface area contributed by atoms with Crippen LogP contribution in [-0.2, 0) is 37.9 Å².